The summed E-state index contributed by atoms with van der Waals surface area (Å²) in [6, 6.07) is 14.8. The first-order valence-electron chi connectivity index (χ1n) is 10.1. The number of hydrogen-bond donors (Lipinski definition) is 2. The van der Waals surface area contributed by atoms with Crippen LogP contribution in [0.15, 0.2) is 53.3 Å². The largest absolute Gasteiger partial charge is 0.497 e. The van der Waals surface area contributed by atoms with Crippen molar-refractivity contribution < 1.29 is 19.4 Å². The van der Waals surface area contributed by atoms with E-state index < -0.39 is 6.09 Å². The number of carboxylic acid groups (broad SMARTS) is 1. The number of rotatable bonds is 6. The lowest BCUT2D eigenvalue weighted by molar-refractivity contribution is 0.139. The average Bonchev–Trinajstić information content (AvgIpc) is 2.82. The van der Waals surface area contributed by atoms with Crippen molar-refractivity contribution in [3.63, 3.8) is 0 Å². The first-order valence-corrected chi connectivity index (χ1v) is 10.1. The third-order valence-corrected chi connectivity index (χ3v) is 5.44. The molecule has 4 rings (SSSR count). The highest BCUT2D eigenvalue weighted by molar-refractivity contribution is 5.65. The standard InChI is InChI=1S/C23H24N4O5/c1-31-16-9-7-15(8-10-16)13-24-22-25-18-14-26(23(29)30)12-11-17(18)21(28)27(22)19-5-3-4-6-20(19)32-2/h3-10H,11-14H2,1-2H3,(H,24,25)(H,29,30). The Morgan fingerprint density at radius 1 is 1.12 bits per heavy atom. The third kappa shape index (κ3) is 4.09. The molecule has 166 valence electrons. The molecule has 0 saturated carbocycles. The minimum Gasteiger partial charge on any atom is -0.497 e. The molecule has 0 aliphatic carbocycles. The average molecular weight is 436 g/mol. The van der Waals surface area contributed by atoms with Gasteiger partial charge in [0.05, 0.1) is 32.1 Å². The van der Waals surface area contributed by atoms with E-state index in [4.69, 9.17) is 9.47 Å². The van der Waals surface area contributed by atoms with E-state index in [1.807, 2.05) is 36.4 Å². The van der Waals surface area contributed by atoms with Crippen molar-refractivity contribution in [3.8, 4) is 17.2 Å². The van der Waals surface area contributed by atoms with E-state index in [1.165, 1.54) is 9.47 Å². The predicted octanol–water partition coefficient (Wildman–Crippen LogP) is 2.90. The van der Waals surface area contributed by atoms with Crippen LogP contribution in [0.4, 0.5) is 10.7 Å². The quantitative estimate of drug-likeness (QED) is 0.612. The summed E-state index contributed by atoms with van der Waals surface area (Å²) in [5, 5.41) is 12.6. The number of carbonyl (C=O) groups is 1. The van der Waals surface area contributed by atoms with Crippen molar-refractivity contribution in [3.05, 3.63) is 75.7 Å². The van der Waals surface area contributed by atoms with Gasteiger partial charge in [-0.1, -0.05) is 24.3 Å². The molecule has 2 N–H and O–H groups in total. The Hall–Kier alpha value is -4.01. The highest BCUT2D eigenvalue weighted by Gasteiger charge is 2.27. The molecule has 9 nitrogen and oxygen atoms in total. The van der Waals surface area contributed by atoms with Crippen LogP contribution < -0.4 is 20.3 Å². The SMILES string of the molecule is COc1ccc(CNc2nc3c(c(=O)n2-c2ccccc2OC)CCN(C(=O)O)C3)cc1. The molecular formula is C23H24N4O5. The first-order chi connectivity index (χ1) is 15.5. The molecule has 0 bridgehead atoms. The number of anilines is 1. The maximum atomic E-state index is 13.5. The Balaban J connectivity index is 1.78. The molecule has 2 aromatic carbocycles. The Labute approximate surface area is 184 Å². The topological polar surface area (TPSA) is 106 Å². The molecule has 0 fully saturated rings. The Morgan fingerprint density at radius 2 is 1.88 bits per heavy atom. The summed E-state index contributed by atoms with van der Waals surface area (Å²) in [5.41, 5.74) is 2.28. The summed E-state index contributed by atoms with van der Waals surface area (Å²) in [5.74, 6) is 1.61. The fourth-order valence-electron chi connectivity index (χ4n) is 3.73. The number of aromatic nitrogens is 2. The lowest BCUT2D eigenvalue weighted by Crippen LogP contribution is -2.40. The number of benzene rings is 2. The second-order valence-corrected chi connectivity index (χ2v) is 7.33. The number of hydrogen-bond acceptors (Lipinski definition) is 6. The summed E-state index contributed by atoms with van der Waals surface area (Å²) in [6.45, 7) is 0.737. The van der Waals surface area contributed by atoms with Gasteiger partial charge in [-0.3, -0.25) is 4.79 Å². The van der Waals surface area contributed by atoms with Gasteiger partial charge in [0, 0.05) is 18.7 Å². The van der Waals surface area contributed by atoms with Crippen molar-refractivity contribution in [2.24, 2.45) is 0 Å². The third-order valence-electron chi connectivity index (χ3n) is 5.44. The van der Waals surface area contributed by atoms with Crippen molar-refractivity contribution >= 4 is 12.0 Å². The van der Waals surface area contributed by atoms with E-state index >= 15 is 0 Å². The summed E-state index contributed by atoms with van der Waals surface area (Å²) in [4.78, 5) is 30.9. The van der Waals surface area contributed by atoms with E-state index in [9.17, 15) is 14.7 Å². The van der Waals surface area contributed by atoms with Crippen LogP contribution in [0, 0.1) is 0 Å². The number of amides is 1. The molecule has 0 radical (unpaired) electrons. The van der Waals surface area contributed by atoms with Gasteiger partial charge in [-0.05, 0) is 36.2 Å². The van der Waals surface area contributed by atoms with Crippen molar-refractivity contribution in [1.82, 2.24) is 14.5 Å². The van der Waals surface area contributed by atoms with Gasteiger partial charge >= 0.3 is 6.09 Å². The summed E-state index contributed by atoms with van der Waals surface area (Å²) < 4.78 is 12.2. The number of ether oxygens (including phenoxy) is 2. The molecule has 2 heterocycles. The number of fused-ring (bicyclic) bond motifs is 1. The van der Waals surface area contributed by atoms with Gasteiger partial charge in [-0.2, -0.15) is 0 Å². The van der Waals surface area contributed by atoms with E-state index in [0.29, 0.717) is 41.6 Å². The van der Waals surface area contributed by atoms with Gasteiger partial charge in [0.25, 0.3) is 5.56 Å². The van der Waals surface area contributed by atoms with E-state index in [-0.39, 0.29) is 18.6 Å². The van der Waals surface area contributed by atoms with E-state index in [2.05, 4.69) is 10.3 Å². The molecule has 1 aliphatic rings. The van der Waals surface area contributed by atoms with Crippen LogP contribution in [0.5, 0.6) is 11.5 Å². The summed E-state index contributed by atoms with van der Waals surface area (Å²) in [7, 11) is 3.15. The van der Waals surface area contributed by atoms with Gasteiger partial charge in [-0.25, -0.2) is 14.3 Å². The second kappa shape index (κ2) is 9.01. The van der Waals surface area contributed by atoms with Crippen LogP contribution in [0.25, 0.3) is 5.69 Å². The summed E-state index contributed by atoms with van der Waals surface area (Å²) in [6.07, 6.45) is -0.722. The van der Waals surface area contributed by atoms with Crippen molar-refractivity contribution in [2.75, 3.05) is 26.1 Å². The van der Waals surface area contributed by atoms with E-state index in [0.717, 1.165) is 11.3 Å². The normalized spacial score (nSPS) is 12.8. The molecule has 0 atom stereocenters. The predicted molar refractivity (Wildman–Crippen MR) is 119 cm³/mol. The van der Waals surface area contributed by atoms with Crippen LogP contribution in [-0.4, -0.2) is 46.4 Å². The van der Waals surface area contributed by atoms with Gasteiger partial charge < -0.3 is 24.8 Å². The molecule has 0 spiro atoms. The van der Waals surface area contributed by atoms with Crippen LogP contribution >= 0.6 is 0 Å². The Bertz CT molecular complexity index is 1190. The van der Waals surface area contributed by atoms with Gasteiger partial charge in [0.15, 0.2) is 0 Å². The maximum absolute atomic E-state index is 13.5. The lowest BCUT2D eigenvalue weighted by Gasteiger charge is -2.27. The molecule has 0 unspecified atom stereocenters. The zero-order valence-corrected chi connectivity index (χ0v) is 17.9. The molecular weight excluding hydrogens is 412 g/mol. The minimum atomic E-state index is -1.03. The van der Waals surface area contributed by atoms with Gasteiger partial charge in [0.2, 0.25) is 5.95 Å². The Kier molecular flexibility index (Phi) is 5.98. The fourth-order valence-corrected chi connectivity index (χ4v) is 3.73. The molecule has 9 heteroatoms. The van der Waals surface area contributed by atoms with Crippen LogP contribution in [-0.2, 0) is 19.5 Å². The molecule has 3 aromatic rings. The monoisotopic (exact) mass is 436 g/mol. The molecule has 1 aromatic heterocycles. The number of para-hydroxylation sites is 2. The minimum absolute atomic E-state index is 0.0733. The zero-order chi connectivity index (χ0) is 22.7. The fraction of sp³-hybridized carbons (Fsp3) is 0.261. The van der Waals surface area contributed by atoms with Crippen molar-refractivity contribution in [1.29, 1.82) is 0 Å². The Morgan fingerprint density at radius 3 is 2.56 bits per heavy atom. The first kappa shape index (κ1) is 21.2. The molecule has 1 amide bonds. The molecule has 1 aliphatic heterocycles. The molecule has 32 heavy (non-hydrogen) atoms. The van der Waals surface area contributed by atoms with Gasteiger partial charge in [-0.15, -0.1) is 0 Å². The molecule has 0 saturated heterocycles. The number of methoxy groups -OCH3 is 2. The van der Waals surface area contributed by atoms with Gasteiger partial charge in [0.1, 0.15) is 11.5 Å². The zero-order valence-electron chi connectivity index (χ0n) is 17.9. The summed E-state index contributed by atoms with van der Waals surface area (Å²) >= 11 is 0. The highest BCUT2D eigenvalue weighted by atomic mass is 16.5. The number of nitrogens with zero attached hydrogens (tertiary/aromatic N) is 3. The second-order valence-electron chi connectivity index (χ2n) is 7.33. The highest BCUT2D eigenvalue weighted by Crippen LogP contribution is 2.26. The number of nitrogens with one attached hydrogen (secondary N) is 1. The van der Waals surface area contributed by atoms with E-state index in [1.54, 1.807) is 26.4 Å². The van der Waals surface area contributed by atoms with Crippen molar-refractivity contribution in [2.45, 2.75) is 19.5 Å². The maximum Gasteiger partial charge on any atom is 0.407 e. The smallest absolute Gasteiger partial charge is 0.407 e. The van der Waals surface area contributed by atoms with Crippen LogP contribution in [0.2, 0.25) is 0 Å². The van der Waals surface area contributed by atoms with Crippen LogP contribution in [0.3, 0.4) is 0 Å². The van der Waals surface area contributed by atoms with Crippen LogP contribution in [0.1, 0.15) is 16.8 Å². The lowest BCUT2D eigenvalue weighted by atomic mass is 10.1.